The van der Waals surface area contributed by atoms with Crippen molar-refractivity contribution in [3.8, 4) is 11.5 Å². The van der Waals surface area contributed by atoms with Crippen LogP contribution in [0.25, 0.3) is 63.9 Å². The number of rotatable bonds is 9. The maximum absolute atomic E-state index is 11.5. The summed E-state index contributed by atoms with van der Waals surface area (Å²) in [6.07, 6.45) is 9.99. The monoisotopic (exact) mass is 1480 g/mol. The Hall–Kier alpha value is -10.1. The normalized spacial score (nSPS) is 12.5. The van der Waals surface area contributed by atoms with E-state index < -0.39 is 0 Å². The highest BCUT2D eigenvalue weighted by molar-refractivity contribution is 7.18. The van der Waals surface area contributed by atoms with E-state index in [4.69, 9.17) is 13.9 Å². The predicted molar refractivity (Wildman–Crippen MR) is 460 cm³/mol. The van der Waals surface area contributed by atoms with Gasteiger partial charge in [0.15, 0.2) is 11.5 Å². The minimum absolute atomic E-state index is 0.0313. The summed E-state index contributed by atoms with van der Waals surface area (Å²) < 4.78 is 19.9. The summed E-state index contributed by atoms with van der Waals surface area (Å²) in [5, 5.41) is 17.9. The van der Waals surface area contributed by atoms with E-state index in [1.165, 1.54) is 82.1 Å². The van der Waals surface area contributed by atoms with Gasteiger partial charge in [0.05, 0.1) is 54.6 Å². The molecule has 13 heteroatoms. The summed E-state index contributed by atoms with van der Waals surface area (Å²) in [6.45, 7) is 39.5. The largest absolute Gasteiger partial charge is 0.469 e. The molecule has 2 aliphatic rings. The maximum Gasteiger partial charge on any atom is 0.326 e. The number of aromatic nitrogens is 7. The van der Waals surface area contributed by atoms with Crippen LogP contribution >= 0.6 is 22.7 Å². The van der Waals surface area contributed by atoms with E-state index in [9.17, 15) is 4.79 Å². The number of para-hydroxylation sites is 4. The molecule has 0 saturated carbocycles. The number of ether oxygens (including phenoxy) is 2. The number of nitrogens with one attached hydrogen (secondary N) is 1. The Kier molecular flexibility index (Phi) is 30.5. The van der Waals surface area contributed by atoms with Crippen LogP contribution < -0.4 is 15.2 Å². The van der Waals surface area contributed by atoms with Crippen molar-refractivity contribution in [1.82, 2.24) is 34.7 Å². The van der Waals surface area contributed by atoms with Crippen LogP contribution in [0.2, 0.25) is 0 Å². The zero-order chi connectivity index (χ0) is 77.4. The second-order valence-corrected chi connectivity index (χ2v) is 32.0. The van der Waals surface area contributed by atoms with Crippen molar-refractivity contribution >= 4 is 86.6 Å². The number of benzene rings is 8. The van der Waals surface area contributed by atoms with Crippen molar-refractivity contribution < 1.29 is 13.9 Å². The molecule has 0 bridgehead atoms. The van der Waals surface area contributed by atoms with E-state index >= 15 is 0 Å². The van der Waals surface area contributed by atoms with E-state index in [1.807, 2.05) is 99.2 Å². The number of nitrogens with zero attached hydrogens (tertiary/aromatic N) is 6. The third kappa shape index (κ3) is 22.3. The number of hydrogen-bond acceptors (Lipinski definition) is 11. The number of thiazole rings is 1. The van der Waals surface area contributed by atoms with Crippen molar-refractivity contribution in [3.63, 3.8) is 0 Å². The Labute approximate surface area is 648 Å². The molecule has 8 heterocycles. The van der Waals surface area contributed by atoms with Gasteiger partial charge in [-0.15, -0.1) is 27.8 Å². The molecule has 1 unspecified atom stereocenters. The van der Waals surface area contributed by atoms with Crippen LogP contribution in [0.1, 0.15) is 234 Å². The van der Waals surface area contributed by atoms with Gasteiger partial charge in [0, 0.05) is 41.0 Å². The van der Waals surface area contributed by atoms with Crippen molar-refractivity contribution in [2.45, 2.75) is 191 Å². The number of thiophene rings is 1. The number of aromatic amines is 1. The first kappa shape index (κ1) is 82.0. The molecule has 0 fully saturated rings. The average Bonchev–Trinajstić information content (AvgIpc) is 1.84. The molecule has 0 amide bonds. The second kappa shape index (κ2) is 40.2. The van der Waals surface area contributed by atoms with Crippen molar-refractivity contribution in [3.05, 3.63) is 303 Å². The molecule has 8 aromatic carbocycles. The lowest BCUT2D eigenvalue weighted by molar-refractivity contribution is 0.174. The van der Waals surface area contributed by atoms with Crippen LogP contribution in [0, 0.1) is 5.92 Å². The highest BCUT2D eigenvalue weighted by atomic mass is 32.1. The molecular weight excluding hydrogens is 1370 g/mol. The molecule has 11 nitrogen and oxygen atoms in total. The van der Waals surface area contributed by atoms with Gasteiger partial charge in [-0.2, -0.15) is 5.10 Å². The molecule has 15 aromatic rings. The maximum atomic E-state index is 11.5. The highest BCUT2D eigenvalue weighted by Crippen LogP contribution is 2.39. The molecule has 1 atom stereocenters. The lowest BCUT2D eigenvalue weighted by atomic mass is 9.90. The van der Waals surface area contributed by atoms with E-state index in [2.05, 4.69) is 292 Å². The van der Waals surface area contributed by atoms with Gasteiger partial charge < -0.3 is 18.9 Å². The van der Waals surface area contributed by atoms with Gasteiger partial charge in [-0.3, -0.25) is 14.5 Å². The smallest absolute Gasteiger partial charge is 0.326 e. The Morgan fingerprint density at radius 1 is 0.500 bits per heavy atom. The fraction of sp³-hybridized carbons (Fsp3) is 0.326. The topological polar surface area (TPSA) is 134 Å². The number of imidazole rings is 1. The molecule has 17 rings (SSSR count). The zero-order valence-corrected chi connectivity index (χ0v) is 68.3. The van der Waals surface area contributed by atoms with Gasteiger partial charge in [0.25, 0.3) is 0 Å². The van der Waals surface area contributed by atoms with E-state index in [0.717, 1.165) is 56.7 Å². The number of pyridine rings is 2. The Balaban J connectivity index is 0.000000140. The van der Waals surface area contributed by atoms with Crippen LogP contribution in [-0.2, 0) is 6.42 Å². The van der Waals surface area contributed by atoms with Crippen molar-refractivity contribution in [2.24, 2.45) is 5.92 Å². The second-order valence-electron chi connectivity index (χ2n) is 30.1. The molecular formula is C95H111N7O4S2. The number of fused-ring (bicyclic) bond motifs is 8. The molecule has 1 aliphatic heterocycles. The van der Waals surface area contributed by atoms with Crippen LogP contribution in [-0.4, -0.2) is 41.5 Å². The number of furan rings is 1. The molecule has 108 heavy (non-hydrogen) atoms. The molecule has 1 N–H and O–H groups in total. The van der Waals surface area contributed by atoms with E-state index in [-0.39, 0.29) is 11.7 Å². The quantitative estimate of drug-likeness (QED) is 0.150. The minimum atomic E-state index is -0.0313. The minimum Gasteiger partial charge on any atom is -0.469 e. The average molecular weight is 1480 g/mol. The molecule has 1 aliphatic carbocycles. The summed E-state index contributed by atoms with van der Waals surface area (Å²) in [7, 11) is 0. The standard InChI is InChI=1S/C13H14.2C12H13N.C12H16.C10H12N2O.C10H11NS.C10H12O2.C9H10N2S.C7H10O/c1-10(2)12-9-5-7-11-6-3-4-8-13(11)12;1-9(2)10-7-8-13-12-6-4-3-5-11(10)12;1-9(2)12-11-6-4-3-5-10(11)7-8-13-12;1-9(2)11-8-7-10-5-3-4-6-12(10)11;1-7(2)12-9-6-4-3-5-8(9)11-10(12)13;1-7(2)10-11-8-5-3-4-6-9(8)12-10;1-7(2)8-3-4-9-10(5-8)12-6-11-9;1-6(2)7-5-10-11-8-3-4-12-9(7)8;1-6(2)7-4-3-5-8-7/h3-10H,1-2H3;2*3-9H,1-2H3;3-6,9,11H,7-8H2,1-2H3;3-7H,1-2H3,(H,11,13);3-7H,1-2H3;3-5,7H,6H2,1-2H3;3-6H,1-2H3;3-6H,1-2H3. The predicted octanol–water partition coefficient (Wildman–Crippen LogP) is 27.1. The summed E-state index contributed by atoms with van der Waals surface area (Å²) in [5.41, 5.74) is 14.9. The van der Waals surface area contributed by atoms with E-state index in [1.54, 1.807) is 44.6 Å². The molecule has 562 valence electrons. The van der Waals surface area contributed by atoms with Crippen LogP contribution in [0.4, 0.5) is 0 Å². The third-order valence-corrected chi connectivity index (χ3v) is 21.3. The van der Waals surface area contributed by atoms with Crippen LogP contribution in [0.5, 0.6) is 11.5 Å². The number of H-pyrrole nitrogens is 1. The fourth-order valence-corrected chi connectivity index (χ4v) is 15.1. The van der Waals surface area contributed by atoms with Crippen molar-refractivity contribution in [2.75, 3.05) is 6.79 Å². The van der Waals surface area contributed by atoms with Gasteiger partial charge in [0.1, 0.15) is 11.3 Å². The van der Waals surface area contributed by atoms with Crippen LogP contribution in [0.15, 0.2) is 252 Å². The first-order chi connectivity index (χ1) is 52.0. The number of hydrogen-bond donors (Lipinski definition) is 1. The van der Waals surface area contributed by atoms with Gasteiger partial charge in [-0.25, -0.2) is 9.78 Å². The highest BCUT2D eigenvalue weighted by Gasteiger charge is 2.24. The van der Waals surface area contributed by atoms with Crippen molar-refractivity contribution in [1.29, 1.82) is 0 Å². The number of aryl methyl sites for hydroxylation is 1. The first-order valence-electron chi connectivity index (χ1n) is 38.4. The Morgan fingerprint density at radius 2 is 1.12 bits per heavy atom. The third-order valence-electron chi connectivity index (χ3n) is 19.0. The molecule has 0 saturated heterocycles. The van der Waals surface area contributed by atoms with Gasteiger partial charge in [-0.05, 0) is 196 Å². The van der Waals surface area contributed by atoms with Crippen LogP contribution in [0.3, 0.4) is 0 Å². The van der Waals surface area contributed by atoms with Gasteiger partial charge >= 0.3 is 5.69 Å². The van der Waals surface area contributed by atoms with Gasteiger partial charge in [0.2, 0.25) is 6.79 Å². The molecule has 7 aromatic heterocycles. The lowest BCUT2D eigenvalue weighted by Gasteiger charge is -2.14. The SMILES string of the molecule is CC(C)C1CCc2ccccc21.CC(C)c1ccc2c(c1)OCO2.CC(C)c1cccc2ccccc12.CC(C)c1ccco1.CC(C)c1ccnc2ccccc12.CC(C)c1cnnc2ccsc12.CC(C)c1nc2ccccc2s1.CC(C)c1nccc2ccccc12.CC(C)n1c(=O)[nH]c2ccccc21. The first-order valence-corrected chi connectivity index (χ1v) is 40.1. The summed E-state index contributed by atoms with van der Waals surface area (Å²) in [4.78, 5) is 27.6. The summed E-state index contributed by atoms with van der Waals surface area (Å²) in [5.74, 6) is 8.21. The fourth-order valence-electron chi connectivity index (χ4n) is 13.1. The summed E-state index contributed by atoms with van der Waals surface area (Å²) >= 11 is 3.53. The Morgan fingerprint density at radius 3 is 1.78 bits per heavy atom. The lowest BCUT2D eigenvalue weighted by Crippen LogP contribution is -2.18. The van der Waals surface area contributed by atoms with Gasteiger partial charge in [-0.1, -0.05) is 250 Å². The molecule has 0 radical (unpaired) electrons. The molecule has 0 spiro atoms. The summed E-state index contributed by atoms with van der Waals surface area (Å²) in [6, 6.07) is 73.0. The Bertz CT molecular complexity index is 5040. The zero-order valence-electron chi connectivity index (χ0n) is 66.6. The van der Waals surface area contributed by atoms with E-state index in [0.29, 0.717) is 48.2 Å².